The van der Waals surface area contributed by atoms with Crippen molar-refractivity contribution in [2.24, 2.45) is 5.92 Å². The number of benzene rings is 1. The van der Waals surface area contributed by atoms with E-state index in [1.807, 2.05) is 0 Å². The van der Waals surface area contributed by atoms with Crippen molar-refractivity contribution in [3.05, 3.63) is 60.0 Å². The molecule has 0 radical (unpaired) electrons. The van der Waals surface area contributed by atoms with E-state index in [2.05, 4.69) is 81.2 Å². The summed E-state index contributed by atoms with van der Waals surface area (Å²) in [5.41, 5.74) is 5.47. The van der Waals surface area contributed by atoms with Crippen molar-refractivity contribution in [3.63, 3.8) is 0 Å². The Morgan fingerprint density at radius 3 is 2.47 bits per heavy atom. The quantitative estimate of drug-likeness (QED) is 0.329. The molecule has 3 nitrogen and oxygen atoms in total. The number of nitrogens with zero attached hydrogens (tertiary/aromatic N) is 1. The van der Waals surface area contributed by atoms with Crippen molar-refractivity contribution in [2.45, 2.75) is 58.3 Å². The zero-order chi connectivity index (χ0) is 22.1. The molecule has 0 bridgehead atoms. The number of fused-ring (bicyclic) bond motifs is 3. The second-order valence-electron chi connectivity index (χ2n) is 9.94. The summed E-state index contributed by atoms with van der Waals surface area (Å²) in [6.45, 7) is 17.0. The summed E-state index contributed by atoms with van der Waals surface area (Å²) in [5.74, 6) is 1.72. The van der Waals surface area contributed by atoms with Gasteiger partial charge in [0.2, 0.25) is 11.7 Å². The zero-order valence-corrected chi connectivity index (χ0v) is 20.8. The second kappa shape index (κ2) is 9.07. The molecule has 2 atom stereocenters. The minimum Gasteiger partial charge on any atom is -0.495 e. The Morgan fingerprint density at radius 1 is 1.17 bits per heavy atom. The number of ether oxygens (including phenoxy) is 2. The van der Waals surface area contributed by atoms with Gasteiger partial charge in [0.15, 0.2) is 12.0 Å². The van der Waals surface area contributed by atoms with E-state index in [-0.39, 0.29) is 12.0 Å². The molecule has 162 valence electrons. The summed E-state index contributed by atoms with van der Waals surface area (Å²) in [6, 6.07) is 11.3. The molecule has 0 fully saturated rings. The van der Waals surface area contributed by atoms with Crippen molar-refractivity contribution in [1.82, 2.24) is 0 Å². The lowest BCUT2D eigenvalue weighted by molar-refractivity contribution is -0.711. The van der Waals surface area contributed by atoms with Gasteiger partial charge in [-0.25, -0.2) is 0 Å². The van der Waals surface area contributed by atoms with E-state index >= 15 is 0 Å². The van der Waals surface area contributed by atoms with E-state index in [4.69, 9.17) is 9.47 Å². The second-order valence-corrected chi connectivity index (χ2v) is 15.0. The fourth-order valence-electron chi connectivity index (χ4n) is 4.82. The number of rotatable bonds is 8. The van der Waals surface area contributed by atoms with Crippen LogP contribution in [-0.4, -0.2) is 28.9 Å². The van der Waals surface area contributed by atoms with Crippen molar-refractivity contribution >= 4 is 13.3 Å². The molecule has 0 amide bonds. The normalized spacial score (nSPS) is 18.1. The van der Waals surface area contributed by atoms with Gasteiger partial charge in [-0.1, -0.05) is 58.3 Å². The van der Waals surface area contributed by atoms with Gasteiger partial charge in [0.1, 0.15) is 0 Å². The van der Waals surface area contributed by atoms with Gasteiger partial charge in [0.05, 0.1) is 21.1 Å². The Balaban J connectivity index is 2.31. The van der Waals surface area contributed by atoms with Gasteiger partial charge in [-0.15, -0.1) is 0 Å². The summed E-state index contributed by atoms with van der Waals surface area (Å²) in [7, 11) is 1.98. The number of hydrogen-bond donors (Lipinski definition) is 0. The Labute approximate surface area is 183 Å². The highest BCUT2D eigenvalue weighted by Crippen LogP contribution is 2.42. The molecular weight excluding hydrogens is 386 g/mol. The minimum atomic E-state index is -1.53. The fraction of sp³-hybridized carbons (Fsp3) is 0.500. The molecule has 1 aliphatic heterocycles. The third-order valence-corrected chi connectivity index (χ3v) is 8.25. The first kappa shape index (κ1) is 22.8. The minimum absolute atomic E-state index is 0.0678. The molecule has 0 aliphatic carbocycles. The average Bonchev–Trinajstić information content (AvgIpc) is 2.69. The first-order valence-electron chi connectivity index (χ1n) is 11.1. The van der Waals surface area contributed by atoms with Crippen molar-refractivity contribution < 1.29 is 14.0 Å². The summed E-state index contributed by atoms with van der Waals surface area (Å²) in [4.78, 5) is 0. The topological polar surface area (TPSA) is 22.3 Å². The monoisotopic (exact) mass is 424 g/mol. The van der Waals surface area contributed by atoms with E-state index < -0.39 is 8.07 Å². The molecule has 1 aromatic carbocycles. The van der Waals surface area contributed by atoms with Gasteiger partial charge >= 0.3 is 0 Å². The Kier molecular flexibility index (Phi) is 6.88. The van der Waals surface area contributed by atoms with Crippen LogP contribution in [-0.2, 0) is 15.9 Å². The molecule has 30 heavy (non-hydrogen) atoms. The lowest BCUT2D eigenvalue weighted by atomic mass is 9.80. The molecule has 2 unspecified atom stereocenters. The molecular formula is C26H38NO2Si+. The first-order valence-corrected chi connectivity index (χ1v) is 14.6. The van der Waals surface area contributed by atoms with Crippen LogP contribution in [0, 0.1) is 5.92 Å². The molecule has 1 aromatic heterocycles. The van der Waals surface area contributed by atoms with Gasteiger partial charge in [-0.2, -0.15) is 4.57 Å². The van der Waals surface area contributed by atoms with Crippen LogP contribution in [0.2, 0.25) is 19.6 Å². The third kappa shape index (κ3) is 4.40. The largest absolute Gasteiger partial charge is 0.495 e. The zero-order valence-electron chi connectivity index (χ0n) is 19.8. The highest BCUT2D eigenvalue weighted by atomic mass is 28.3. The maximum atomic E-state index is 5.75. The number of hydrogen-bond acceptors (Lipinski definition) is 2. The van der Waals surface area contributed by atoms with Crippen molar-refractivity contribution in [2.75, 3.05) is 20.8 Å². The van der Waals surface area contributed by atoms with Crippen LogP contribution >= 0.6 is 0 Å². The first-order chi connectivity index (χ1) is 14.2. The predicted molar refractivity (Wildman–Crippen MR) is 128 cm³/mol. The number of allylic oxidation sites excluding steroid dienone is 1. The van der Waals surface area contributed by atoms with Gasteiger partial charge in [-0.05, 0) is 36.0 Å². The average molecular weight is 425 g/mol. The number of pyridine rings is 1. The fourth-order valence-corrected chi connectivity index (χ4v) is 6.48. The maximum Gasteiger partial charge on any atom is 0.221 e. The van der Waals surface area contributed by atoms with E-state index in [1.54, 1.807) is 19.4 Å². The lowest BCUT2D eigenvalue weighted by Gasteiger charge is -2.32. The van der Waals surface area contributed by atoms with Crippen LogP contribution in [0.5, 0.6) is 0 Å². The Bertz CT molecular complexity index is 914. The smallest absolute Gasteiger partial charge is 0.221 e. The summed E-state index contributed by atoms with van der Waals surface area (Å²) >= 11 is 0. The number of methoxy groups -OCH3 is 2. The summed E-state index contributed by atoms with van der Waals surface area (Å²) in [5, 5.41) is 1.54. The Morgan fingerprint density at radius 2 is 1.87 bits per heavy atom. The van der Waals surface area contributed by atoms with E-state index in [9.17, 15) is 0 Å². The third-order valence-electron chi connectivity index (χ3n) is 6.18. The highest BCUT2D eigenvalue weighted by molar-refractivity contribution is 6.88. The summed E-state index contributed by atoms with van der Waals surface area (Å²) < 4.78 is 13.7. The van der Waals surface area contributed by atoms with Gasteiger partial charge in [-0.3, -0.25) is 0 Å². The van der Waals surface area contributed by atoms with E-state index in [0.717, 1.165) is 18.6 Å². The van der Waals surface area contributed by atoms with Gasteiger partial charge in [0.25, 0.3) is 0 Å². The van der Waals surface area contributed by atoms with Crippen LogP contribution in [0.15, 0.2) is 48.9 Å². The standard InChI is InChI=1S/C26H38NO2Si/c1-18(2)15-20-16-24-22-12-10-9-11-21(22)23(13-14-28-4)26(19(3)29-5)27(24)17-25(20)30(6,7)8/h9-12,16-18,23,26H,3,13-15H2,1-2,4-8H3/q+1. The van der Waals surface area contributed by atoms with Crippen LogP contribution in [0.25, 0.3) is 11.3 Å². The van der Waals surface area contributed by atoms with Crippen LogP contribution < -0.4 is 9.75 Å². The predicted octanol–water partition coefficient (Wildman–Crippen LogP) is 5.22. The molecule has 0 saturated heterocycles. The van der Waals surface area contributed by atoms with Crippen LogP contribution in [0.1, 0.15) is 43.4 Å². The SMILES string of the molecule is C=C(OC)C1C(CCOC)c2ccccc2-c2cc(CC(C)C)c([Si](C)(C)C)c[n+]21. The molecule has 2 heterocycles. The van der Waals surface area contributed by atoms with Crippen molar-refractivity contribution in [1.29, 1.82) is 0 Å². The lowest BCUT2D eigenvalue weighted by Crippen LogP contribution is -2.54. The van der Waals surface area contributed by atoms with E-state index in [1.165, 1.54) is 22.4 Å². The molecule has 1 aliphatic rings. The number of aromatic nitrogens is 1. The molecule has 0 saturated carbocycles. The highest BCUT2D eigenvalue weighted by Gasteiger charge is 2.43. The van der Waals surface area contributed by atoms with Crippen molar-refractivity contribution in [3.8, 4) is 11.3 Å². The molecule has 2 aromatic rings. The maximum absolute atomic E-state index is 5.75. The molecule has 3 rings (SSSR count). The Hall–Kier alpha value is -1.91. The molecule has 0 N–H and O–H groups in total. The molecule has 4 heteroatoms. The molecule has 0 spiro atoms. The summed E-state index contributed by atoms with van der Waals surface area (Å²) in [6.07, 6.45) is 4.48. The van der Waals surface area contributed by atoms with Gasteiger partial charge < -0.3 is 9.47 Å². The van der Waals surface area contributed by atoms with Crippen LogP contribution in [0.3, 0.4) is 0 Å². The van der Waals surface area contributed by atoms with Gasteiger partial charge in [0, 0.05) is 30.5 Å². The van der Waals surface area contributed by atoms with E-state index in [0.29, 0.717) is 12.5 Å². The van der Waals surface area contributed by atoms with Crippen LogP contribution in [0.4, 0.5) is 0 Å².